The van der Waals surface area contributed by atoms with Gasteiger partial charge in [0.25, 0.3) is 0 Å². The molecule has 1 heterocycles. The third-order valence-corrected chi connectivity index (χ3v) is 3.59. The maximum atomic E-state index is 5.98. The summed E-state index contributed by atoms with van der Waals surface area (Å²) in [4.78, 5) is 4.24. The molecule has 1 aliphatic rings. The van der Waals surface area contributed by atoms with Crippen molar-refractivity contribution in [1.29, 1.82) is 0 Å². The van der Waals surface area contributed by atoms with Crippen LogP contribution in [-0.2, 0) is 0 Å². The molecule has 0 radical (unpaired) electrons. The molecule has 0 bridgehead atoms. The Morgan fingerprint density at radius 3 is 2.53 bits per heavy atom. The lowest BCUT2D eigenvalue weighted by molar-refractivity contribution is 0.0974. The molecule has 0 aliphatic heterocycles. The van der Waals surface area contributed by atoms with Gasteiger partial charge in [-0.15, -0.1) is 0 Å². The van der Waals surface area contributed by atoms with Crippen LogP contribution in [0.4, 0.5) is 5.69 Å². The number of aryl methyl sites for hydroxylation is 1. The molecular formula is C14H22N2O. The fraction of sp³-hybridized carbons (Fsp3) is 0.643. The van der Waals surface area contributed by atoms with Crippen molar-refractivity contribution in [2.75, 3.05) is 5.73 Å². The summed E-state index contributed by atoms with van der Waals surface area (Å²) in [7, 11) is 0. The Hall–Kier alpha value is -1.25. The largest absolute Gasteiger partial charge is 0.473 e. The predicted octanol–water partition coefficient (Wildman–Crippen LogP) is 3.18. The number of pyridine rings is 1. The van der Waals surface area contributed by atoms with Gasteiger partial charge >= 0.3 is 0 Å². The van der Waals surface area contributed by atoms with Crippen LogP contribution in [0.3, 0.4) is 0 Å². The van der Waals surface area contributed by atoms with Crippen molar-refractivity contribution in [1.82, 2.24) is 4.98 Å². The van der Waals surface area contributed by atoms with E-state index in [2.05, 4.69) is 18.8 Å². The first-order valence-corrected chi connectivity index (χ1v) is 6.44. The van der Waals surface area contributed by atoms with Gasteiger partial charge in [-0.1, -0.05) is 13.8 Å². The van der Waals surface area contributed by atoms with E-state index >= 15 is 0 Å². The number of aromatic nitrogens is 1. The Morgan fingerprint density at radius 2 is 1.88 bits per heavy atom. The summed E-state index contributed by atoms with van der Waals surface area (Å²) in [5.74, 6) is 2.07. The number of rotatable bonds is 2. The molecule has 1 aliphatic carbocycles. The second-order valence-electron chi connectivity index (χ2n) is 5.50. The van der Waals surface area contributed by atoms with Gasteiger partial charge < -0.3 is 10.5 Å². The molecule has 17 heavy (non-hydrogen) atoms. The number of hydrogen-bond acceptors (Lipinski definition) is 3. The van der Waals surface area contributed by atoms with Gasteiger partial charge in [-0.2, -0.15) is 0 Å². The molecule has 94 valence electrons. The highest BCUT2D eigenvalue weighted by Crippen LogP contribution is 2.32. The Kier molecular flexibility index (Phi) is 3.55. The highest BCUT2D eigenvalue weighted by atomic mass is 16.5. The lowest BCUT2D eigenvalue weighted by atomic mass is 9.82. The number of ether oxygens (including phenoxy) is 1. The molecule has 2 atom stereocenters. The maximum absolute atomic E-state index is 5.98. The Morgan fingerprint density at radius 1 is 1.24 bits per heavy atom. The fourth-order valence-corrected chi connectivity index (χ4v) is 2.77. The Bertz CT molecular complexity index is 382. The van der Waals surface area contributed by atoms with E-state index in [0.29, 0.717) is 11.6 Å². The van der Waals surface area contributed by atoms with Crippen LogP contribution < -0.4 is 10.5 Å². The molecule has 1 aromatic heterocycles. The number of anilines is 1. The first-order valence-electron chi connectivity index (χ1n) is 6.44. The molecule has 0 aromatic carbocycles. The van der Waals surface area contributed by atoms with Crippen LogP contribution in [0, 0.1) is 18.8 Å². The molecule has 1 aromatic rings. The standard InChI is InChI=1S/C14H22N2O/c1-9-6-10(2)8-12(7-9)17-14-13(15)11(3)4-5-16-14/h4-5,9-10,12H,6-8,15H2,1-3H3. The van der Waals surface area contributed by atoms with E-state index in [1.165, 1.54) is 6.42 Å². The molecule has 0 spiro atoms. The van der Waals surface area contributed by atoms with Gasteiger partial charge in [-0.05, 0) is 49.7 Å². The molecule has 2 N–H and O–H groups in total. The first kappa shape index (κ1) is 12.2. The number of nitrogens with zero attached hydrogens (tertiary/aromatic N) is 1. The van der Waals surface area contributed by atoms with E-state index in [-0.39, 0.29) is 6.10 Å². The molecule has 1 fully saturated rings. The fourth-order valence-electron chi connectivity index (χ4n) is 2.77. The third-order valence-electron chi connectivity index (χ3n) is 3.59. The number of nitrogen functional groups attached to an aromatic ring is 1. The summed E-state index contributed by atoms with van der Waals surface area (Å²) in [5, 5.41) is 0. The smallest absolute Gasteiger partial charge is 0.237 e. The second kappa shape index (κ2) is 4.94. The van der Waals surface area contributed by atoms with E-state index in [1.54, 1.807) is 6.20 Å². The first-order chi connectivity index (χ1) is 8.06. The summed E-state index contributed by atoms with van der Waals surface area (Å²) in [6.07, 6.45) is 5.55. The zero-order chi connectivity index (χ0) is 12.4. The zero-order valence-electron chi connectivity index (χ0n) is 10.9. The van der Waals surface area contributed by atoms with Gasteiger partial charge in [0.2, 0.25) is 5.88 Å². The van der Waals surface area contributed by atoms with Crippen molar-refractivity contribution in [3.8, 4) is 5.88 Å². The normalized spacial score (nSPS) is 29.0. The van der Waals surface area contributed by atoms with Crippen molar-refractivity contribution >= 4 is 5.69 Å². The summed E-state index contributed by atoms with van der Waals surface area (Å²) >= 11 is 0. The zero-order valence-corrected chi connectivity index (χ0v) is 10.9. The highest BCUT2D eigenvalue weighted by Gasteiger charge is 2.26. The minimum atomic E-state index is 0.269. The van der Waals surface area contributed by atoms with Crippen LogP contribution in [0.1, 0.15) is 38.7 Å². The van der Waals surface area contributed by atoms with Crippen molar-refractivity contribution in [2.24, 2.45) is 11.8 Å². The predicted molar refractivity (Wildman–Crippen MR) is 70.0 cm³/mol. The molecule has 2 rings (SSSR count). The molecule has 0 amide bonds. The van der Waals surface area contributed by atoms with E-state index in [0.717, 1.165) is 30.2 Å². The van der Waals surface area contributed by atoms with Crippen LogP contribution in [-0.4, -0.2) is 11.1 Å². The van der Waals surface area contributed by atoms with E-state index in [4.69, 9.17) is 10.5 Å². The van der Waals surface area contributed by atoms with E-state index in [9.17, 15) is 0 Å². The molecule has 1 saturated carbocycles. The minimum absolute atomic E-state index is 0.269. The summed E-state index contributed by atoms with van der Waals surface area (Å²) in [6, 6.07) is 1.91. The van der Waals surface area contributed by atoms with E-state index in [1.807, 2.05) is 13.0 Å². The average Bonchev–Trinajstić information content (AvgIpc) is 2.23. The second-order valence-corrected chi connectivity index (χ2v) is 5.50. The monoisotopic (exact) mass is 234 g/mol. The van der Waals surface area contributed by atoms with Gasteiger partial charge in [0.05, 0.1) is 5.69 Å². The van der Waals surface area contributed by atoms with Gasteiger partial charge in [0.1, 0.15) is 6.10 Å². The lowest BCUT2D eigenvalue weighted by Gasteiger charge is -2.31. The van der Waals surface area contributed by atoms with Gasteiger partial charge in [0, 0.05) is 6.20 Å². The average molecular weight is 234 g/mol. The highest BCUT2D eigenvalue weighted by molar-refractivity contribution is 5.53. The Balaban J connectivity index is 2.07. The lowest BCUT2D eigenvalue weighted by Crippen LogP contribution is -2.29. The molecule has 3 heteroatoms. The molecular weight excluding hydrogens is 212 g/mol. The van der Waals surface area contributed by atoms with Crippen LogP contribution in [0.2, 0.25) is 0 Å². The van der Waals surface area contributed by atoms with Crippen molar-refractivity contribution in [2.45, 2.75) is 46.1 Å². The van der Waals surface area contributed by atoms with Crippen LogP contribution in [0.15, 0.2) is 12.3 Å². The molecule has 3 nitrogen and oxygen atoms in total. The summed E-state index contributed by atoms with van der Waals surface area (Å²) < 4.78 is 5.97. The van der Waals surface area contributed by atoms with E-state index < -0.39 is 0 Å². The van der Waals surface area contributed by atoms with Crippen LogP contribution in [0.5, 0.6) is 5.88 Å². The van der Waals surface area contributed by atoms with Gasteiger partial charge in [-0.3, -0.25) is 0 Å². The topological polar surface area (TPSA) is 48.1 Å². The van der Waals surface area contributed by atoms with Crippen molar-refractivity contribution < 1.29 is 4.74 Å². The van der Waals surface area contributed by atoms with Gasteiger partial charge in [0.15, 0.2) is 0 Å². The van der Waals surface area contributed by atoms with Gasteiger partial charge in [-0.25, -0.2) is 4.98 Å². The number of nitrogens with two attached hydrogens (primary N) is 1. The van der Waals surface area contributed by atoms with Crippen LogP contribution in [0.25, 0.3) is 0 Å². The molecule has 2 unspecified atom stereocenters. The SMILES string of the molecule is Cc1ccnc(OC2CC(C)CC(C)C2)c1N. The quantitative estimate of drug-likeness (QED) is 0.855. The molecule has 0 saturated heterocycles. The summed E-state index contributed by atoms with van der Waals surface area (Å²) in [6.45, 7) is 6.56. The maximum Gasteiger partial charge on any atom is 0.237 e. The van der Waals surface area contributed by atoms with Crippen molar-refractivity contribution in [3.63, 3.8) is 0 Å². The number of hydrogen-bond donors (Lipinski definition) is 1. The minimum Gasteiger partial charge on any atom is -0.473 e. The van der Waals surface area contributed by atoms with Crippen LogP contribution >= 0.6 is 0 Å². The van der Waals surface area contributed by atoms with Crippen molar-refractivity contribution in [3.05, 3.63) is 17.8 Å². The summed E-state index contributed by atoms with van der Waals surface area (Å²) in [5.41, 5.74) is 7.69. The third kappa shape index (κ3) is 2.90. The Labute approximate surface area is 103 Å².